The first-order valence-corrected chi connectivity index (χ1v) is 9.85. The van der Waals surface area contributed by atoms with E-state index in [-0.39, 0.29) is 11.7 Å². The molecule has 1 amide bonds. The molecule has 0 fully saturated rings. The Morgan fingerprint density at radius 1 is 1.14 bits per heavy atom. The molecule has 0 atom stereocenters. The second-order valence-electron chi connectivity index (χ2n) is 6.94. The van der Waals surface area contributed by atoms with Crippen molar-refractivity contribution in [3.8, 4) is 5.69 Å². The van der Waals surface area contributed by atoms with Crippen LogP contribution >= 0.6 is 15.9 Å². The van der Waals surface area contributed by atoms with Crippen LogP contribution in [0.15, 0.2) is 40.9 Å². The second kappa shape index (κ2) is 7.11. The number of aryl methyl sites for hydroxylation is 3. The summed E-state index contributed by atoms with van der Waals surface area (Å²) in [5, 5.41) is 7.37. The Morgan fingerprint density at radius 3 is 2.59 bits per heavy atom. The number of aromatic nitrogens is 4. The van der Waals surface area contributed by atoms with Crippen LogP contribution in [-0.4, -0.2) is 25.1 Å². The summed E-state index contributed by atoms with van der Waals surface area (Å²) in [4.78, 5) is 17.6. The Bertz CT molecular complexity index is 1270. The summed E-state index contributed by atoms with van der Waals surface area (Å²) in [6.07, 6.45) is 0. The minimum Gasteiger partial charge on any atom is -0.315 e. The number of amides is 1. The molecule has 8 heteroatoms. The van der Waals surface area contributed by atoms with Gasteiger partial charge >= 0.3 is 0 Å². The van der Waals surface area contributed by atoms with E-state index in [1.807, 2.05) is 20.8 Å². The number of anilines is 1. The van der Waals surface area contributed by atoms with Gasteiger partial charge in [-0.1, -0.05) is 12.1 Å². The maximum atomic E-state index is 14.3. The molecule has 0 bridgehead atoms. The van der Waals surface area contributed by atoms with Crippen molar-refractivity contribution in [2.75, 3.05) is 5.32 Å². The van der Waals surface area contributed by atoms with Crippen molar-refractivity contribution in [1.29, 1.82) is 0 Å². The lowest BCUT2D eigenvalue weighted by Crippen LogP contribution is -2.16. The van der Waals surface area contributed by atoms with Gasteiger partial charge in [0.1, 0.15) is 11.6 Å². The van der Waals surface area contributed by atoms with E-state index in [4.69, 9.17) is 0 Å². The maximum Gasteiger partial charge on any atom is 0.258 e. The van der Waals surface area contributed by atoms with Gasteiger partial charge in [0, 0.05) is 23.1 Å². The summed E-state index contributed by atoms with van der Waals surface area (Å²) in [6, 6.07) is 10.0. The van der Waals surface area contributed by atoms with Gasteiger partial charge in [0.25, 0.3) is 5.91 Å². The van der Waals surface area contributed by atoms with Crippen LogP contribution in [0.5, 0.6) is 0 Å². The SMILES string of the molecule is Cc1cc(NC(=O)c2cc(C)n(-c3ccccc3F)c2C)n2nc(C)c(Br)c2n1. The van der Waals surface area contributed by atoms with Gasteiger partial charge in [-0.3, -0.25) is 4.79 Å². The van der Waals surface area contributed by atoms with E-state index in [0.717, 1.165) is 21.6 Å². The van der Waals surface area contributed by atoms with Gasteiger partial charge in [0.05, 0.1) is 21.4 Å². The van der Waals surface area contributed by atoms with Crippen LogP contribution in [0.4, 0.5) is 10.2 Å². The molecule has 0 spiro atoms. The number of carbonyl (C=O) groups is 1. The van der Waals surface area contributed by atoms with E-state index >= 15 is 0 Å². The van der Waals surface area contributed by atoms with E-state index in [2.05, 4.69) is 31.3 Å². The Morgan fingerprint density at radius 2 is 1.86 bits per heavy atom. The van der Waals surface area contributed by atoms with Gasteiger partial charge in [-0.05, 0) is 61.8 Å². The van der Waals surface area contributed by atoms with Crippen LogP contribution in [0.25, 0.3) is 11.3 Å². The van der Waals surface area contributed by atoms with Crippen LogP contribution in [0.2, 0.25) is 0 Å². The maximum absolute atomic E-state index is 14.3. The molecule has 0 saturated heterocycles. The molecule has 0 aliphatic rings. The van der Waals surface area contributed by atoms with Gasteiger partial charge < -0.3 is 9.88 Å². The highest BCUT2D eigenvalue weighted by atomic mass is 79.9. The predicted octanol–water partition coefficient (Wildman–Crippen LogP) is 4.91. The lowest BCUT2D eigenvalue weighted by Gasteiger charge is -2.11. The van der Waals surface area contributed by atoms with E-state index in [1.165, 1.54) is 6.07 Å². The third-order valence-electron chi connectivity index (χ3n) is 4.83. The molecule has 148 valence electrons. The first-order valence-electron chi connectivity index (χ1n) is 9.05. The Balaban J connectivity index is 1.76. The van der Waals surface area contributed by atoms with E-state index in [9.17, 15) is 9.18 Å². The molecule has 1 N–H and O–H groups in total. The van der Waals surface area contributed by atoms with Gasteiger partial charge in [-0.2, -0.15) is 9.61 Å². The summed E-state index contributed by atoms with van der Waals surface area (Å²) in [6.45, 7) is 7.37. The average Bonchev–Trinajstić information content (AvgIpc) is 3.12. The first-order chi connectivity index (χ1) is 13.8. The number of benzene rings is 1. The first kappa shape index (κ1) is 19.3. The van der Waals surface area contributed by atoms with Crippen LogP contribution < -0.4 is 5.32 Å². The molecule has 6 nitrogen and oxygen atoms in total. The van der Waals surface area contributed by atoms with Gasteiger partial charge in [-0.25, -0.2) is 9.37 Å². The number of para-hydroxylation sites is 1. The zero-order valence-electron chi connectivity index (χ0n) is 16.4. The molecule has 0 saturated carbocycles. The smallest absolute Gasteiger partial charge is 0.258 e. The van der Waals surface area contributed by atoms with Crippen molar-refractivity contribution in [3.05, 3.63) is 75.0 Å². The molecule has 3 heterocycles. The topological polar surface area (TPSA) is 64.2 Å². The zero-order valence-corrected chi connectivity index (χ0v) is 18.0. The highest BCUT2D eigenvalue weighted by molar-refractivity contribution is 9.10. The number of hydrogen-bond acceptors (Lipinski definition) is 3. The fourth-order valence-electron chi connectivity index (χ4n) is 3.49. The van der Waals surface area contributed by atoms with Crippen LogP contribution in [0.3, 0.4) is 0 Å². The highest BCUT2D eigenvalue weighted by Gasteiger charge is 2.20. The number of fused-ring (bicyclic) bond motifs is 1. The number of carbonyl (C=O) groups excluding carboxylic acids is 1. The predicted molar refractivity (Wildman–Crippen MR) is 113 cm³/mol. The van der Waals surface area contributed by atoms with Crippen LogP contribution in [0.1, 0.15) is 33.1 Å². The van der Waals surface area contributed by atoms with E-state index in [1.54, 1.807) is 46.3 Å². The second-order valence-corrected chi connectivity index (χ2v) is 7.74. The zero-order chi connectivity index (χ0) is 20.9. The van der Waals surface area contributed by atoms with Gasteiger partial charge in [-0.15, -0.1) is 0 Å². The summed E-state index contributed by atoms with van der Waals surface area (Å²) >= 11 is 3.49. The molecule has 3 aromatic heterocycles. The third kappa shape index (κ3) is 3.23. The number of nitrogens with zero attached hydrogens (tertiary/aromatic N) is 4. The summed E-state index contributed by atoms with van der Waals surface area (Å²) in [7, 11) is 0. The molecule has 1 aromatic carbocycles. The van der Waals surface area contributed by atoms with Crippen molar-refractivity contribution in [2.24, 2.45) is 0 Å². The molecule has 4 rings (SSSR count). The Labute approximate surface area is 175 Å². The molecule has 0 radical (unpaired) electrons. The average molecular weight is 456 g/mol. The summed E-state index contributed by atoms with van der Waals surface area (Å²) in [5.74, 6) is -0.122. The van der Waals surface area contributed by atoms with E-state index < -0.39 is 0 Å². The van der Waals surface area contributed by atoms with Crippen LogP contribution in [-0.2, 0) is 0 Å². The molecule has 29 heavy (non-hydrogen) atoms. The molecule has 0 aliphatic heterocycles. The lowest BCUT2D eigenvalue weighted by molar-refractivity contribution is 0.102. The highest BCUT2D eigenvalue weighted by Crippen LogP contribution is 2.26. The molecule has 0 aliphatic carbocycles. The molecular formula is C21H19BrFN5O. The summed E-state index contributed by atoms with van der Waals surface area (Å²) in [5.41, 5.74) is 4.47. The molecular weight excluding hydrogens is 437 g/mol. The van der Waals surface area contributed by atoms with E-state index in [0.29, 0.717) is 28.4 Å². The normalized spacial score (nSPS) is 11.2. The van der Waals surface area contributed by atoms with Crippen LogP contribution in [0, 0.1) is 33.5 Å². The van der Waals surface area contributed by atoms with Gasteiger partial charge in [0.15, 0.2) is 5.65 Å². The van der Waals surface area contributed by atoms with Crippen molar-refractivity contribution < 1.29 is 9.18 Å². The van der Waals surface area contributed by atoms with Crippen molar-refractivity contribution in [3.63, 3.8) is 0 Å². The monoisotopic (exact) mass is 455 g/mol. The van der Waals surface area contributed by atoms with Crippen molar-refractivity contribution >= 4 is 33.3 Å². The number of nitrogens with one attached hydrogen (secondary N) is 1. The number of halogens is 2. The Kier molecular flexibility index (Phi) is 4.74. The lowest BCUT2D eigenvalue weighted by atomic mass is 10.2. The summed E-state index contributed by atoms with van der Waals surface area (Å²) < 4.78 is 18.4. The quantitative estimate of drug-likeness (QED) is 0.477. The fourth-order valence-corrected chi connectivity index (χ4v) is 3.82. The number of hydrogen-bond donors (Lipinski definition) is 1. The standard InChI is InChI=1S/C21H19BrFN5O/c1-11-9-18(28-20(24-11)19(22)13(3)26-28)25-21(29)15-10-12(2)27(14(15)4)17-8-6-5-7-16(17)23/h5-10H,1-4H3,(H,25,29). The third-order valence-corrected chi connectivity index (χ3v) is 5.76. The number of rotatable bonds is 3. The minimum atomic E-state index is -0.343. The molecule has 4 aromatic rings. The van der Waals surface area contributed by atoms with Crippen molar-refractivity contribution in [1.82, 2.24) is 19.2 Å². The van der Waals surface area contributed by atoms with Gasteiger partial charge in [0.2, 0.25) is 0 Å². The Hall–Kier alpha value is -3.00. The fraction of sp³-hybridized carbons (Fsp3) is 0.190. The largest absolute Gasteiger partial charge is 0.315 e. The minimum absolute atomic E-state index is 0.295. The molecule has 0 unspecified atom stereocenters. The van der Waals surface area contributed by atoms with Crippen molar-refractivity contribution in [2.45, 2.75) is 27.7 Å².